The van der Waals surface area contributed by atoms with E-state index in [1.54, 1.807) is 12.0 Å². The summed E-state index contributed by atoms with van der Waals surface area (Å²) in [5, 5.41) is 10.5. The highest BCUT2D eigenvalue weighted by atomic mass is 16.5. The van der Waals surface area contributed by atoms with Crippen LogP contribution in [0.2, 0.25) is 0 Å². The Morgan fingerprint density at radius 2 is 2.00 bits per heavy atom. The topological polar surface area (TPSA) is 82.6 Å². The summed E-state index contributed by atoms with van der Waals surface area (Å²) in [4.78, 5) is 28.9. The van der Waals surface area contributed by atoms with Crippen molar-refractivity contribution >= 4 is 22.8 Å². The minimum atomic E-state index is -1.12. The molecule has 1 aromatic heterocycles. The van der Waals surface area contributed by atoms with Crippen molar-refractivity contribution < 1.29 is 19.4 Å². The molecule has 0 bridgehead atoms. The molecule has 1 aromatic carbocycles. The third-order valence-electron chi connectivity index (χ3n) is 5.71. The lowest BCUT2D eigenvalue weighted by atomic mass is 9.88. The number of carbonyl (C=O) groups excluding carboxylic acids is 1. The third-order valence-corrected chi connectivity index (χ3v) is 5.71. The Morgan fingerprint density at radius 1 is 1.28 bits per heavy atom. The maximum atomic E-state index is 12.5. The highest BCUT2D eigenvalue weighted by Gasteiger charge is 2.58. The molecule has 6 nitrogen and oxygen atoms in total. The number of likely N-dealkylation sites (tertiary alicyclic amines) is 1. The molecule has 0 radical (unpaired) electrons. The Hall–Kier alpha value is -2.50. The third kappa shape index (κ3) is 2.56. The molecular weight excluding hydrogens is 320 g/mol. The lowest BCUT2D eigenvalue weighted by molar-refractivity contribution is -0.153. The number of benzene rings is 1. The van der Waals surface area contributed by atoms with Crippen LogP contribution in [0, 0.1) is 5.41 Å². The van der Waals surface area contributed by atoms with Gasteiger partial charge in [-0.3, -0.25) is 9.59 Å². The number of nitrogens with zero attached hydrogens (tertiary/aromatic N) is 1. The quantitative estimate of drug-likeness (QED) is 0.837. The summed E-state index contributed by atoms with van der Waals surface area (Å²) < 4.78 is 5.33. The molecule has 2 aliphatic rings. The number of hydrogen-bond donors (Lipinski definition) is 2. The standard InChI is InChI=1S/C19H22N2O4/c1-25-13-2-3-16-14(10-13)15(11-20-16)12-4-8-21(9-5-12)17(22)19(6-7-19)18(23)24/h2-3,10-12,20H,4-9H2,1H3,(H,23,24). The van der Waals surface area contributed by atoms with E-state index in [1.807, 2.05) is 24.4 Å². The second-order valence-corrected chi connectivity index (χ2v) is 7.11. The van der Waals surface area contributed by atoms with E-state index in [1.165, 1.54) is 5.56 Å². The van der Waals surface area contributed by atoms with Gasteiger partial charge in [-0.15, -0.1) is 0 Å². The Kier molecular flexibility index (Phi) is 3.71. The zero-order valence-corrected chi connectivity index (χ0v) is 14.2. The summed E-state index contributed by atoms with van der Waals surface area (Å²) in [6.45, 7) is 1.24. The van der Waals surface area contributed by atoms with Crippen LogP contribution < -0.4 is 4.74 Å². The molecule has 1 aliphatic carbocycles. The number of amides is 1. The number of methoxy groups -OCH3 is 1. The molecular formula is C19H22N2O4. The predicted molar refractivity (Wildman–Crippen MR) is 92.7 cm³/mol. The average molecular weight is 342 g/mol. The number of aromatic amines is 1. The fourth-order valence-electron chi connectivity index (χ4n) is 3.93. The van der Waals surface area contributed by atoms with Crippen LogP contribution >= 0.6 is 0 Å². The van der Waals surface area contributed by atoms with E-state index >= 15 is 0 Å². The van der Waals surface area contributed by atoms with Gasteiger partial charge in [0.2, 0.25) is 5.91 Å². The van der Waals surface area contributed by atoms with Gasteiger partial charge in [-0.05, 0) is 55.4 Å². The minimum absolute atomic E-state index is 0.195. The molecule has 2 fully saturated rings. The second kappa shape index (κ2) is 5.79. The first-order chi connectivity index (χ1) is 12.0. The number of nitrogens with one attached hydrogen (secondary N) is 1. The number of hydrogen-bond acceptors (Lipinski definition) is 3. The molecule has 0 unspecified atom stereocenters. The van der Waals surface area contributed by atoms with E-state index in [-0.39, 0.29) is 5.91 Å². The van der Waals surface area contributed by atoms with Crippen molar-refractivity contribution in [3.8, 4) is 5.75 Å². The van der Waals surface area contributed by atoms with Gasteiger partial charge >= 0.3 is 5.97 Å². The van der Waals surface area contributed by atoms with Crippen LogP contribution in [0.5, 0.6) is 5.75 Å². The van der Waals surface area contributed by atoms with Crippen LogP contribution in [-0.2, 0) is 9.59 Å². The number of rotatable bonds is 4. The van der Waals surface area contributed by atoms with Crippen LogP contribution in [0.3, 0.4) is 0 Å². The van der Waals surface area contributed by atoms with E-state index in [9.17, 15) is 14.7 Å². The van der Waals surface area contributed by atoms with Crippen molar-refractivity contribution in [3.05, 3.63) is 30.0 Å². The summed E-state index contributed by atoms with van der Waals surface area (Å²) in [7, 11) is 1.66. The largest absolute Gasteiger partial charge is 0.497 e. The predicted octanol–water partition coefficient (Wildman–Crippen LogP) is 2.75. The van der Waals surface area contributed by atoms with Gasteiger partial charge in [0.1, 0.15) is 11.2 Å². The second-order valence-electron chi connectivity index (χ2n) is 7.11. The monoisotopic (exact) mass is 342 g/mol. The lowest BCUT2D eigenvalue weighted by Crippen LogP contribution is -2.44. The van der Waals surface area contributed by atoms with Gasteiger partial charge in [-0.2, -0.15) is 0 Å². The molecule has 2 N–H and O–H groups in total. The van der Waals surface area contributed by atoms with Gasteiger partial charge < -0.3 is 19.7 Å². The van der Waals surface area contributed by atoms with Crippen LogP contribution in [0.15, 0.2) is 24.4 Å². The fraction of sp³-hybridized carbons (Fsp3) is 0.474. The summed E-state index contributed by atoms with van der Waals surface area (Å²) >= 11 is 0. The Balaban J connectivity index is 1.49. The molecule has 132 valence electrons. The van der Waals surface area contributed by atoms with E-state index in [2.05, 4.69) is 4.98 Å². The lowest BCUT2D eigenvalue weighted by Gasteiger charge is -2.33. The summed E-state index contributed by atoms with van der Waals surface area (Å²) in [5.41, 5.74) is 1.21. The number of ether oxygens (including phenoxy) is 1. The zero-order chi connectivity index (χ0) is 17.6. The minimum Gasteiger partial charge on any atom is -0.497 e. The van der Waals surface area contributed by atoms with E-state index in [0.29, 0.717) is 31.8 Å². The molecule has 4 rings (SSSR count). The number of aromatic nitrogens is 1. The Bertz CT molecular complexity index is 829. The molecule has 0 spiro atoms. The number of carboxylic acids is 1. The van der Waals surface area contributed by atoms with Crippen molar-refractivity contribution in [2.45, 2.75) is 31.6 Å². The van der Waals surface area contributed by atoms with Gasteiger partial charge in [0.25, 0.3) is 0 Å². The highest BCUT2D eigenvalue weighted by molar-refractivity contribution is 6.04. The van der Waals surface area contributed by atoms with Gasteiger partial charge in [-0.1, -0.05) is 0 Å². The van der Waals surface area contributed by atoms with Gasteiger partial charge in [0.05, 0.1) is 7.11 Å². The molecule has 1 saturated heterocycles. The number of aliphatic carboxylic acids is 1. The van der Waals surface area contributed by atoms with Gasteiger partial charge in [0, 0.05) is 30.2 Å². The molecule has 1 aliphatic heterocycles. The zero-order valence-electron chi connectivity index (χ0n) is 14.2. The van der Waals surface area contributed by atoms with Crippen LogP contribution in [0.25, 0.3) is 10.9 Å². The molecule has 1 amide bonds. The molecule has 2 aromatic rings. The normalized spacial score (nSPS) is 19.8. The average Bonchev–Trinajstić information content (AvgIpc) is 3.35. The van der Waals surface area contributed by atoms with E-state index in [0.717, 1.165) is 29.5 Å². The first kappa shape index (κ1) is 16.0. The maximum absolute atomic E-state index is 12.5. The van der Waals surface area contributed by atoms with Crippen molar-refractivity contribution in [2.75, 3.05) is 20.2 Å². The van der Waals surface area contributed by atoms with E-state index < -0.39 is 11.4 Å². The van der Waals surface area contributed by atoms with Crippen molar-refractivity contribution in [2.24, 2.45) is 5.41 Å². The van der Waals surface area contributed by atoms with Gasteiger partial charge in [-0.25, -0.2) is 0 Å². The molecule has 1 saturated carbocycles. The van der Waals surface area contributed by atoms with Crippen LogP contribution in [0.1, 0.15) is 37.2 Å². The molecule has 0 atom stereocenters. The molecule has 2 heterocycles. The SMILES string of the molecule is COc1ccc2[nH]cc(C3CCN(C(=O)C4(C(=O)O)CC4)CC3)c2c1. The van der Waals surface area contributed by atoms with Crippen molar-refractivity contribution in [3.63, 3.8) is 0 Å². The number of H-pyrrole nitrogens is 1. The number of carbonyl (C=O) groups is 2. The van der Waals surface area contributed by atoms with E-state index in [4.69, 9.17) is 4.74 Å². The highest BCUT2D eigenvalue weighted by Crippen LogP contribution is 2.48. The first-order valence-corrected chi connectivity index (χ1v) is 8.73. The van der Waals surface area contributed by atoms with Crippen LogP contribution in [0.4, 0.5) is 0 Å². The fourth-order valence-corrected chi connectivity index (χ4v) is 3.93. The first-order valence-electron chi connectivity index (χ1n) is 8.73. The summed E-state index contributed by atoms with van der Waals surface area (Å²) in [6, 6.07) is 5.99. The number of piperidine rings is 1. The smallest absolute Gasteiger partial charge is 0.319 e. The van der Waals surface area contributed by atoms with Crippen molar-refractivity contribution in [1.29, 1.82) is 0 Å². The summed E-state index contributed by atoms with van der Waals surface area (Å²) in [6.07, 6.45) is 4.70. The Labute approximate surface area is 145 Å². The van der Waals surface area contributed by atoms with Crippen LogP contribution in [-0.4, -0.2) is 47.1 Å². The molecule has 6 heteroatoms. The van der Waals surface area contributed by atoms with Crippen molar-refractivity contribution in [1.82, 2.24) is 9.88 Å². The number of carboxylic acid groups (broad SMARTS) is 1. The Morgan fingerprint density at radius 3 is 2.60 bits per heavy atom. The number of fused-ring (bicyclic) bond motifs is 1. The van der Waals surface area contributed by atoms with Gasteiger partial charge in [0.15, 0.2) is 0 Å². The maximum Gasteiger partial charge on any atom is 0.319 e. The molecule has 25 heavy (non-hydrogen) atoms. The summed E-state index contributed by atoms with van der Waals surface area (Å²) in [5.74, 6) is 0.0328.